The van der Waals surface area contributed by atoms with Gasteiger partial charge in [-0.3, -0.25) is 14.7 Å². The maximum Gasteiger partial charge on any atom is 0.265 e. The second kappa shape index (κ2) is 7.08. The molecule has 0 amide bonds. The molecular weight excluding hydrogens is 362 g/mol. The van der Waals surface area contributed by atoms with Gasteiger partial charge in [0.1, 0.15) is 10.6 Å². The molecule has 0 radical (unpaired) electrons. The van der Waals surface area contributed by atoms with Gasteiger partial charge in [0.25, 0.3) is 10.0 Å². The third-order valence-electron chi connectivity index (χ3n) is 3.37. The summed E-state index contributed by atoms with van der Waals surface area (Å²) in [4.78, 5) is 8.25. The summed E-state index contributed by atoms with van der Waals surface area (Å²) in [6, 6.07) is 11.5. The van der Waals surface area contributed by atoms with Crippen molar-refractivity contribution in [2.24, 2.45) is 0 Å². The largest absolute Gasteiger partial charge is 0.495 e. The molecule has 0 saturated heterocycles. The molecule has 6 nitrogen and oxygen atoms in total. The Morgan fingerprint density at radius 3 is 2.68 bits per heavy atom. The Morgan fingerprint density at radius 2 is 1.96 bits per heavy atom. The van der Waals surface area contributed by atoms with E-state index >= 15 is 0 Å². The lowest BCUT2D eigenvalue weighted by Gasteiger charge is -2.12. The zero-order valence-corrected chi connectivity index (χ0v) is 14.8. The number of pyridine rings is 2. The number of nitrogens with one attached hydrogen (secondary N) is 1. The Bertz CT molecular complexity index is 995. The van der Waals surface area contributed by atoms with Crippen molar-refractivity contribution in [3.63, 3.8) is 0 Å². The van der Waals surface area contributed by atoms with Crippen molar-refractivity contribution < 1.29 is 13.2 Å². The first-order chi connectivity index (χ1) is 12.0. The molecule has 2 aromatic heterocycles. The van der Waals surface area contributed by atoms with Crippen LogP contribution in [-0.4, -0.2) is 25.5 Å². The summed E-state index contributed by atoms with van der Waals surface area (Å²) in [5.74, 6) is 0.200. The first-order valence-corrected chi connectivity index (χ1v) is 9.08. The van der Waals surface area contributed by atoms with Crippen molar-refractivity contribution in [3.8, 4) is 17.0 Å². The van der Waals surface area contributed by atoms with E-state index in [0.29, 0.717) is 22.0 Å². The van der Waals surface area contributed by atoms with E-state index in [4.69, 9.17) is 16.3 Å². The Labute approximate surface area is 150 Å². The lowest BCUT2D eigenvalue weighted by atomic mass is 10.2. The van der Waals surface area contributed by atoms with Crippen LogP contribution in [0, 0.1) is 0 Å². The van der Waals surface area contributed by atoms with Gasteiger partial charge in [-0.1, -0.05) is 17.7 Å². The molecule has 1 N–H and O–H groups in total. The predicted molar refractivity (Wildman–Crippen MR) is 96.3 cm³/mol. The van der Waals surface area contributed by atoms with Crippen LogP contribution in [0.4, 0.5) is 5.69 Å². The lowest BCUT2D eigenvalue weighted by Crippen LogP contribution is -2.14. The van der Waals surface area contributed by atoms with Crippen molar-refractivity contribution in [1.82, 2.24) is 9.97 Å². The van der Waals surface area contributed by atoms with Crippen molar-refractivity contribution in [1.29, 1.82) is 0 Å². The fraction of sp³-hybridized carbons (Fsp3) is 0.0588. The summed E-state index contributed by atoms with van der Waals surface area (Å²) in [5, 5.41) is 0.293. The van der Waals surface area contributed by atoms with Gasteiger partial charge in [0.05, 0.1) is 24.7 Å². The van der Waals surface area contributed by atoms with Crippen LogP contribution in [0.15, 0.2) is 66.0 Å². The topological polar surface area (TPSA) is 81.2 Å². The molecular formula is C17H14ClN3O3S. The van der Waals surface area contributed by atoms with Gasteiger partial charge in [0.15, 0.2) is 0 Å². The molecule has 0 unspecified atom stereocenters. The Morgan fingerprint density at radius 1 is 1.12 bits per heavy atom. The number of benzene rings is 1. The highest BCUT2D eigenvalue weighted by atomic mass is 35.5. The van der Waals surface area contributed by atoms with Gasteiger partial charge in [-0.2, -0.15) is 0 Å². The lowest BCUT2D eigenvalue weighted by molar-refractivity contribution is 0.403. The molecule has 0 fully saturated rings. The minimum atomic E-state index is -3.90. The molecule has 25 heavy (non-hydrogen) atoms. The number of methoxy groups -OCH3 is 1. The number of anilines is 1. The molecule has 0 aliphatic carbocycles. The number of hydrogen-bond donors (Lipinski definition) is 1. The Balaban J connectivity index is 1.96. The summed E-state index contributed by atoms with van der Waals surface area (Å²) in [6.07, 6.45) is 4.68. The van der Waals surface area contributed by atoms with Crippen LogP contribution in [0.25, 0.3) is 11.3 Å². The second-order valence-electron chi connectivity index (χ2n) is 5.08. The van der Waals surface area contributed by atoms with Crippen LogP contribution < -0.4 is 9.46 Å². The van der Waals surface area contributed by atoms with Crippen molar-refractivity contribution in [3.05, 3.63) is 66.1 Å². The molecule has 3 rings (SSSR count). The molecule has 0 saturated carbocycles. The average molecular weight is 376 g/mol. The van der Waals surface area contributed by atoms with Crippen molar-refractivity contribution in [2.45, 2.75) is 4.90 Å². The molecule has 128 valence electrons. The number of ether oxygens (including phenoxy) is 1. The van der Waals surface area contributed by atoms with Gasteiger partial charge in [-0.05, 0) is 36.4 Å². The molecule has 2 heterocycles. The standard InChI is InChI=1S/C17H14ClN3O3S/c1-24-16-6-5-13(18)9-17(16)25(22,23)21-14-8-12(10-19-11-14)15-4-2-3-7-20-15/h2-11,21H,1H3. The van der Waals surface area contributed by atoms with Crippen LogP contribution in [0.1, 0.15) is 0 Å². The van der Waals surface area contributed by atoms with Gasteiger partial charge in [0.2, 0.25) is 0 Å². The van der Waals surface area contributed by atoms with Crippen LogP contribution in [-0.2, 0) is 10.0 Å². The number of nitrogens with zero attached hydrogens (tertiary/aromatic N) is 2. The molecule has 0 bridgehead atoms. The SMILES string of the molecule is COc1ccc(Cl)cc1S(=O)(=O)Nc1cncc(-c2ccccn2)c1. The number of hydrogen-bond acceptors (Lipinski definition) is 5. The first kappa shape index (κ1) is 17.2. The molecule has 3 aromatic rings. The van der Waals surface area contributed by atoms with E-state index in [1.54, 1.807) is 30.6 Å². The van der Waals surface area contributed by atoms with E-state index in [0.717, 1.165) is 0 Å². The van der Waals surface area contributed by atoms with E-state index in [1.807, 2.05) is 12.1 Å². The fourth-order valence-corrected chi connectivity index (χ4v) is 3.71. The van der Waals surface area contributed by atoms with E-state index < -0.39 is 10.0 Å². The molecule has 0 aliphatic heterocycles. The molecule has 0 aliphatic rings. The molecule has 1 aromatic carbocycles. The van der Waals surface area contributed by atoms with Gasteiger partial charge >= 0.3 is 0 Å². The summed E-state index contributed by atoms with van der Waals surface area (Å²) in [5.41, 5.74) is 1.69. The van der Waals surface area contributed by atoms with E-state index in [2.05, 4.69) is 14.7 Å². The van der Waals surface area contributed by atoms with E-state index in [-0.39, 0.29) is 10.6 Å². The highest BCUT2D eigenvalue weighted by Gasteiger charge is 2.20. The smallest absolute Gasteiger partial charge is 0.265 e. The van der Waals surface area contributed by atoms with E-state index in [9.17, 15) is 8.42 Å². The average Bonchev–Trinajstić information content (AvgIpc) is 2.62. The van der Waals surface area contributed by atoms with Crippen molar-refractivity contribution in [2.75, 3.05) is 11.8 Å². The minimum Gasteiger partial charge on any atom is -0.495 e. The highest BCUT2D eigenvalue weighted by molar-refractivity contribution is 7.92. The van der Waals surface area contributed by atoms with Crippen LogP contribution >= 0.6 is 11.6 Å². The maximum absolute atomic E-state index is 12.7. The van der Waals surface area contributed by atoms with Crippen molar-refractivity contribution >= 4 is 27.3 Å². The van der Waals surface area contributed by atoms with Gasteiger partial charge in [0, 0.05) is 23.0 Å². The fourth-order valence-electron chi connectivity index (χ4n) is 2.24. The third kappa shape index (κ3) is 3.89. The normalized spacial score (nSPS) is 11.1. The Kier molecular flexibility index (Phi) is 4.87. The van der Waals surface area contributed by atoms with Gasteiger partial charge in [-0.15, -0.1) is 0 Å². The van der Waals surface area contributed by atoms with Crippen LogP contribution in [0.5, 0.6) is 5.75 Å². The van der Waals surface area contributed by atoms with Crippen LogP contribution in [0.3, 0.4) is 0 Å². The number of aromatic nitrogens is 2. The van der Waals surface area contributed by atoms with Crippen LogP contribution in [0.2, 0.25) is 5.02 Å². The summed E-state index contributed by atoms with van der Waals surface area (Å²) >= 11 is 5.92. The molecule has 8 heteroatoms. The van der Waals surface area contributed by atoms with Gasteiger partial charge in [-0.25, -0.2) is 8.42 Å². The predicted octanol–water partition coefficient (Wildman–Crippen LogP) is 3.61. The first-order valence-electron chi connectivity index (χ1n) is 7.22. The zero-order valence-electron chi connectivity index (χ0n) is 13.2. The Hall–Kier alpha value is -2.64. The zero-order chi connectivity index (χ0) is 17.9. The quantitative estimate of drug-likeness (QED) is 0.736. The monoisotopic (exact) mass is 375 g/mol. The minimum absolute atomic E-state index is 0.0502. The molecule has 0 atom stereocenters. The summed E-state index contributed by atoms with van der Waals surface area (Å²) in [6.45, 7) is 0. The van der Waals surface area contributed by atoms with Gasteiger partial charge < -0.3 is 4.74 Å². The van der Waals surface area contributed by atoms with E-state index in [1.165, 1.54) is 25.4 Å². The maximum atomic E-state index is 12.7. The number of sulfonamides is 1. The third-order valence-corrected chi connectivity index (χ3v) is 5.00. The number of rotatable bonds is 5. The molecule has 0 spiro atoms. The summed E-state index contributed by atoms with van der Waals surface area (Å²) < 4.78 is 33.0. The second-order valence-corrected chi connectivity index (χ2v) is 7.17. The highest BCUT2D eigenvalue weighted by Crippen LogP contribution is 2.29. The number of halogens is 1. The summed E-state index contributed by atoms with van der Waals surface area (Å²) in [7, 11) is -2.50.